The minimum atomic E-state index is -4.41. The van der Waals surface area contributed by atoms with Crippen LogP contribution in [0.15, 0.2) is 0 Å². The molecule has 0 heterocycles. The first kappa shape index (κ1) is 17.2. The quantitative estimate of drug-likeness (QED) is 0.281. The van der Waals surface area contributed by atoms with Gasteiger partial charge in [0, 0.05) is 13.8 Å². The smallest absolute Gasteiger partial charge is 0.217 e. The van der Waals surface area contributed by atoms with Crippen molar-refractivity contribution in [3.05, 3.63) is 0 Å². The molecule has 0 aliphatic carbocycles. The molecule has 2 atom stereocenters. The monoisotopic (exact) mass is 245 g/mol. The molecule has 15 heavy (non-hydrogen) atoms. The Morgan fingerprint density at radius 1 is 1.20 bits per heavy atom. The van der Waals surface area contributed by atoms with Crippen molar-refractivity contribution in [3.63, 3.8) is 0 Å². The largest absolute Gasteiger partial charge is 0.726 e. The van der Waals surface area contributed by atoms with Gasteiger partial charge in [0.05, 0.1) is 21.2 Å². The minimum absolute atomic E-state index is 0.222. The molecule has 0 saturated heterocycles. The van der Waals surface area contributed by atoms with E-state index in [0.29, 0.717) is 0 Å². The Kier molecular flexibility index (Phi) is 7.27. The van der Waals surface area contributed by atoms with Gasteiger partial charge in [-0.05, 0) is 0 Å². The third-order valence-corrected chi connectivity index (χ3v) is 2.54. The number of quaternary nitrogens is 1. The van der Waals surface area contributed by atoms with Crippen molar-refractivity contribution >= 4 is 10.4 Å². The van der Waals surface area contributed by atoms with Crippen LogP contribution in [0.4, 0.5) is 0 Å². The van der Waals surface area contributed by atoms with Crippen LogP contribution in [0.25, 0.3) is 0 Å². The zero-order valence-corrected chi connectivity index (χ0v) is 10.4. The van der Waals surface area contributed by atoms with Crippen LogP contribution >= 0.6 is 0 Å². The molecular formula is C7H19NO6S. The first-order valence-corrected chi connectivity index (χ1v) is 5.49. The molecule has 7 nitrogen and oxygen atoms in total. The number of hydrogen-bond donors (Lipinski definition) is 2. The fourth-order valence-corrected chi connectivity index (χ4v) is 0.312. The molecular weight excluding hydrogens is 226 g/mol. The van der Waals surface area contributed by atoms with Crippen LogP contribution in [0.2, 0.25) is 0 Å². The van der Waals surface area contributed by atoms with Gasteiger partial charge in [-0.1, -0.05) is 0 Å². The highest BCUT2D eigenvalue weighted by Crippen LogP contribution is 2.07. The molecule has 0 aromatic carbocycles. The fraction of sp³-hybridized carbons (Fsp3) is 1.00. The van der Waals surface area contributed by atoms with Gasteiger partial charge in [0.1, 0.15) is 0 Å². The van der Waals surface area contributed by atoms with Crippen molar-refractivity contribution in [1.82, 2.24) is 0 Å². The zero-order chi connectivity index (χ0) is 12.9. The van der Waals surface area contributed by atoms with Gasteiger partial charge in [-0.25, -0.2) is 8.42 Å². The number of rotatable bonds is 3. The lowest BCUT2D eigenvalue weighted by atomic mass is 10.4. The van der Waals surface area contributed by atoms with E-state index in [0.717, 1.165) is 7.11 Å². The van der Waals surface area contributed by atoms with Crippen LogP contribution in [-0.2, 0) is 14.6 Å². The SMILES string of the molecule is CC(O)[N+](C)(C)C(C)O.COS(=O)(=O)[O-]. The Bertz CT molecular complexity index is 249. The average molecular weight is 245 g/mol. The van der Waals surface area contributed by atoms with Gasteiger partial charge in [-0.15, -0.1) is 0 Å². The first-order chi connectivity index (χ1) is 6.45. The van der Waals surface area contributed by atoms with Gasteiger partial charge in [0.2, 0.25) is 10.4 Å². The summed E-state index contributed by atoms with van der Waals surface area (Å²) in [6, 6.07) is 0. The molecule has 0 bridgehead atoms. The Morgan fingerprint density at radius 2 is 1.40 bits per heavy atom. The lowest BCUT2D eigenvalue weighted by Crippen LogP contribution is -2.53. The lowest BCUT2D eigenvalue weighted by molar-refractivity contribution is -0.974. The molecule has 8 heteroatoms. The molecule has 0 spiro atoms. The molecule has 0 aliphatic rings. The topological polar surface area (TPSA) is 107 Å². The van der Waals surface area contributed by atoms with Crippen molar-refractivity contribution < 1.29 is 31.8 Å². The average Bonchev–Trinajstić information content (AvgIpc) is 2.03. The Labute approximate surface area is 90.4 Å². The van der Waals surface area contributed by atoms with E-state index < -0.39 is 22.9 Å². The highest BCUT2D eigenvalue weighted by molar-refractivity contribution is 7.80. The molecule has 0 aromatic heterocycles. The van der Waals surface area contributed by atoms with Crippen LogP contribution in [0.3, 0.4) is 0 Å². The molecule has 0 rings (SSSR count). The van der Waals surface area contributed by atoms with Gasteiger partial charge < -0.3 is 14.8 Å². The minimum Gasteiger partial charge on any atom is -0.726 e. The van der Waals surface area contributed by atoms with Crippen molar-refractivity contribution in [1.29, 1.82) is 0 Å². The third-order valence-electron chi connectivity index (χ3n) is 2.13. The molecule has 2 unspecified atom stereocenters. The normalized spacial score (nSPS) is 16.3. The predicted molar refractivity (Wildman–Crippen MR) is 52.2 cm³/mol. The number of nitrogens with zero attached hydrogens (tertiary/aromatic N) is 1. The van der Waals surface area contributed by atoms with E-state index in [1.165, 1.54) is 0 Å². The summed E-state index contributed by atoms with van der Waals surface area (Å²) in [5, 5.41) is 18.1. The maximum atomic E-state index is 9.22. The summed E-state index contributed by atoms with van der Waals surface area (Å²) in [5.74, 6) is 0. The van der Waals surface area contributed by atoms with Gasteiger partial charge >= 0.3 is 0 Å². The second-order valence-corrected chi connectivity index (χ2v) is 4.62. The van der Waals surface area contributed by atoms with Crippen LogP contribution in [0.5, 0.6) is 0 Å². The van der Waals surface area contributed by atoms with Gasteiger partial charge in [0.25, 0.3) is 0 Å². The number of aliphatic hydroxyl groups is 2. The van der Waals surface area contributed by atoms with E-state index >= 15 is 0 Å². The molecule has 0 aromatic rings. The maximum absolute atomic E-state index is 9.22. The predicted octanol–water partition coefficient (Wildman–Crippen LogP) is -1.17. The number of aliphatic hydroxyl groups excluding tert-OH is 2. The Morgan fingerprint density at radius 3 is 1.40 bits per heavy atom. The molecule has 0 saturated carbocycles. The first-order valence-electron chi connectivity index (χ1n) is 4.16. The van der Waals surface area contributed by atoms with Crippen LogP contribution in [0.1, 0.15) is 13.8 Å². The standard InChI is InChI=1S/C6H16NO2.CH4O4S/c1-5(8)7(3,4)6(2)9;1-5-6(2,3)4/h5-6,8-9H,1-4H3;1H3,(H,2,3,4)/q+1;/p-1. The van der Waals surface area contributed by atoms with E-state index in [-0.39, 0.29) is 4.48 Å². The summed E-state index contributed by atoms with van der Waals surface area (Å²) in [4.78, 5) is 0. The van der Waals surface area contributed by atoms with E-state index in [2.05, 4.69) is 4.18 Å². The second kappa shape index (κ2) is 6.36. The summed E-state index contributed by atoms with van der Waals surface area (Å²) in [6.45, 7) is 3.32. The summed E-state index contributed by atoms with van der Waals surface area (Å²) in [7, 11) is -0.0579. The van der Waals surface area contributed by atoms with Gasteiger partial charge in [-0.2, -0.15) is 0 Å². The lowest BCUT2D eigenvalue weighted by Gasteiger charge is -2.35. The van der Waals surface area contributed by atoms with Crippen LogP contribution in [0, 0.1) is 0 Å². The molecule has 2 N–H and O–H groups in total. The highest BCUT2D eigenvalue weighted by atomic mass is 32.3. The molecule has 0 aliphatic heterocycles. The number of hydrogen-bond acceptors (Lipinski definition) is 6. The van der Waals surface area contributed by atoms with Crippen molar-refractivity contribution in [3.8, 4) is 0 Å². The maximum Gasteiger partial charge on any atom is 0.217 e. The second-order valence-electron chi connectivity index (χ2n) is 3.47. The zero-order valence-electron chi connectivity index (χ0n) is 9.54. The Hall–Kier alpha value is -0.250. The molecule has 0 fully saturated rings. The summed E-state index contributed by atoms with van der Waals surface area (Å²) < 4.78 is 31.2. The van der Waals surface area contributed by atoms with E-state index in [4.69, 9.17) is 10.2 Å². The molecule has 0 radical (unpaired) electrons. The van der Waals surface area contributed by atoms with Crippen molar-refractivity contribution in [2.75, 3.05) is 21.2 Å². The van der Waals surface area contributed by atoms with Gasteiger partial charge in [0.15, 0.2) is 12.5 Å². The molecule has 94 valence electrons. The summed E-state index contributed by atoms with van der Waals surface area (Å²) >= 11 is 0. The highest BCUT2D eigenvalue weighted by Gasteiger charge is 2.26. The van der Waals surface area contributed by atoms with E-state index in [1.54, 1.807) is 27.9 Å². The van der Waals surface area contributed by atoms with Crippen LogP contribution in [-0.4, -0.2) is 61.3 Å². The van der Waals surface area contributed by atoms with Crippen molar-refractivity contribution in [2.45, 2.75) is 26.3 Å². The van der Waals surface area contributed by atoms with Gasteiger partial charge in [-0.3, -0.25) is 8.67 Å². The Balaban J connectivity index is 0. The van der Waals surface area contributed by atoms with E-state index in [1.807, 2.05) is 0 Å². The summed E-state index contributed by atoms with van der Waals surface area (Å²) in [6.07, 6.45) is -1.05. The van der Waals surface area contributed by atoms with E-state index in [9.17, 15) is 13.0 Å². The summed E-state index contributed by atoms with van der Waals surface area (Å²) in [5.41, 5.74) is 0. The third kappa shape index (κ3) is 8.73. The molecule has 0 amide bonds. The van der Waals surface area contributed by atoms with Crippen molar-refractivity contribution in [2.24, 2.45) is 0 Å². The fourth-order valence-electron chi connectivity index (χ4n) is 0.312. The van der Waals surface area contributed by atoms with Crippen LogP contribution < -0.4 is 0 Å².